The third-order valence-corrected chi connectivity index (χ3v) is 2.04. The number of nitrogens with zero attached hydrogens (tertiary/aromatic N) is 2. The molecule has 2 rings (SSSR count). The molecule has 1 heterocycles. The first-order chi connectivity index (χ1) is 7.74. The minimum atomic E-state index is -0.440. The second kappa shape index (κ2) is 4.28. The fraction of sp³-hybridized carbons (Fsp3) is 0.200. The Hall–Kier alpha value is -1.95. The van der Waals surface area contributed by atoms with Gasteiger partial charge in [-0.05, 0) is 18.2 Å². The molecule has 0 saturated heterocycles. The van der Waals surface area contributed by atoms with E-state index in [1.165, 1.54) is 25.3 Å². The third kappa shape index (κ3) is 1.87. The highest BCUT2D eigenvalue weighted by atomic mass is 19.1. The highest BCUT2D eigenvalue weighted by Crippen LogP contribution is 2.25. The van der Waals surface area contributed by atoms with Gasteiger partial charge < -0.3 is 14.9 Å². The molecule has 1 aromatic carbocycles. The third-order valence-electron chi connectivity index (χ3n) is 2.04. The molecule has 0 saturated carbocycles. The standard InChI is InChI=1S/C10H10FN3O2/c1-15-8-4-6(2-3-7(8)11)10-14-13-9(5-12)16-10/h2-4H,5,12H2,1H3. The van der Waals surface area contributed by atoms with Crippen LogP contribution in [0.15, 0.2) is 22.6 Å². The molecule has 84 valence electrons. The maximum absolute atomic E-state index is 13.1. The molecule has 0 amide bonds. The average molecular weight is 223 g/mol. The van der Waals surface area contributed by atoms with Gasteiger partial charge in [0.1, 0.15) is 0 Å². The van der Waals surface area contributed by atoms with Gasteiger partial charge in [-0.25, -0.2) is 4.39 Å². The molecule has 16 heavy (non-hydrogen) atoms. The van der Waals surface area contributed by atoms with Crippen LogP contribution in [0.25, 0.3) is 11.5 Å². The molecule has 5 nitrogen and oxygen atoms in total. The van der Waals surface area contributed by atoms with Crippen LogP contribution in [0.1, 0.15) is 5.89 Å². The summed E-state index contributed by atoms with van der Waals surface area (Å²) >= 11 is 0. The van der Waals surface area contributed by atoms with E-state index in [1.54, 1.807) is 0 Å². The predicted octanol–water partition coefficient (Wildman–Crippen LogP) is 1.34. The highest BCUT2D eigenvalue weighted by molar-refractivity contribution is 5.55. The Kier molecular flexibility index (Phi) is 2.82. The van der Waals surface area contributed by atoms with Gasteiger partial charge in [-0.3, -0.25) is 0 Å². The number of ether oxygens (including phenoxy) is 1. The van der Waals surface area contributed by atoms with Crippen LogP contribution in [-0.2, 0) is 6.54 Å². The summed E-state index contributed by atoms with van der Waals surface area (Å²) in [6.45, 7) is 0.172. The van der Waals surface area contributed by atoms with E-state index in [0.717, 1.165) is 0 Å². The minimum absolute atomic E-state index is 0.130. The summed E-state index contributed by atoms with van der Waals surface area (Å²) in [6, 6.07) is 4.30. The molecule has 2 N–H and O–H groups in total. The fourth-order valence-electron chi connectivity index (χ4n) is 1.25. The zero-order valence-corrected chi connectivity index (χ0v) is 8.61. The maximum atomic E-state index is 13.1. The van der Waals surface area contributed by atoms with E-state index >= 15 is 0 Å². The summed E-state index contributed by atoms with van der Waals surface area (Å²) in [5.74, 6) is 0.312. The number of benzene rings is 1. The Morgan fingerprint density at radius 1 is 1.44 bits per heavy atom. The molecule has 1 aromatic heterocycles. The van der Waals surface area contributed by atoms with Crippen LogP contribution in [0.5, 0.6) is 5.75 Å². The van der Waals surface area contributed by atoms with Crippen LogP contribution in [0.2, 0.25) is 0 Å². The normalized spacial score (nSPS) is 10.4. The van der Waals surface area contributed by atoms with Crippen molar-refractivity contribution < 1.29 is 13.5 Å². The maximum Gasteiger partial charge on any atom is 0.247 e. The van der Waals surface area contributed by atoms with Crippen LogP contribution >= 0.6 is 0 Å². The summed E-state index contributed by atoms with van der Waals surface area (Å²) in [7, 11) is 1.39. The lowest BCUT2D eigenvalue weighted by molar-refractivity contribution is 0.386. The molecule has 0 aliphatic carbocycles. The highest BCUT2D eigenvalue weighted by Gasteiger charge is 2.10. The van der Waals surface area contributed by atoms with Crippen molar-refractivity contribution in [2.45, 2.75) is 6.54 Å². The number of aromatic nitrogens is 2. The van der Waals surface area contributed by atoms with E-state index in [9.17, 15) is 4.39 Å². The van der Waals surface area contributed by atoms with Crippen molar-refractivity contribution in [3.63, 3.8) is 0 Å². The topological polar surface area (TPSA) is 74.2 Å². The average Bonchev–Trinajstić information content (AvgIpc) is 2.78. The van der Waals surface area contributed by atoms with Crippen molar-refractivity contribution in [2.24, 2.45) is 5.73 Å². The molecule has 0 fully saturated rings. The van der Waals surface area contributed by atoms with Crippen molar-refractivity contribution in [1.82, 2.24) is 10.2 Å². The second-order valence-electron chi connectivity index (χ2n) is 3.05. The molecule has 2 aromatic rings. The molecular weight excluding hydrogens is 213 g/mol. The van der Waals surface area contributed by atoms with Gasteiger partial charge in [-0.2, -0.15) is 0 Å². The van der Waals surface area contributed by atoms with Gasteiger partial charge in [-0.15, -0.1) is 10.2 Å². The molecule has 0 spiro atoms. The number of methoxy groups -OCH3 is 1. The van der Waals surface area contributed by atoms with E-state index in [1.807, 2.05) is 0 Å². The quantitative estimate of drug-likeness (QED) is 0.849. The molecule has 0 radical (unpaired) electrons. The van der Waals surface area contributed by atoms with Crippen LogP contribution in [-0.4, -0.2) is 17.3 Å². The SMILES string of the molecule is COc1cc(-c2nnc(CN)o2)ccc1F. The molecule has 0 bridgehead atoms. The number of rotatable bonds is 3. The minimum Gasteiger partial charge on any atom is -0.494 e. The number of hydrogen-bond donors (Lipinski definition) is 1. The van der Waals surface area contributed by atoms with E-state index in [-0.39, 0.29) is 12.3 Å². The monoisotopic (exact) mass is 223 g/mol. The Morgan fingerprint density at radius 2 is 2.25 bits per heavy atom. The fourth-order valence-corrected chi connectivity index (χ4v) is 1.25. The molecule has 0 unspecified atom stereocenters. The van der Waals surface area contributed by atoms with Gasteiger partial charge >= 0.3 is 0 Å². The predicted molar refractivity (Wildman–Crippen MR) is 54.1 cm³/mol. The zero-order chi connectivity index (χ0) is 11.5. The Labute approximate surface area is 91.0 Å². The number of halogens is 1. The number of nitrogens with two attached hydrogens (primary N) is 1. The second-order valence-corrected chi connectivity index (χ2v) is 3.05. The lowest BCUT2D eigenvalue weighted by Crippen LogP contribution is -1.95. The molecule has 0 aliphatic rings. The van der Waals surface area contributed by atoms with E-state index in [0.29, 0.717) is 17.3 Å². The largest absolute Gasteiger partial charge is 0.494 e. The summed E-state index contributed by atoms with van der Waals surface area (Å²) in [4.78, 5) is 0. The van der Waals surface area contributed by atoms with E-state index in [4.69, 9.17) is 14.9 Å². The van der Waals surface area contributed by atoms with Crippen LogP contribution in [0, 0.1) is 5.82 Å². The van der Waals surface area contributed by atoms with Crippen molar-refractivity contribution in [2.75, 3.05) is 7.11 Å². The first-order valence-electron chi connectivity index (χ1n) is 4.61. The van der Waals surface area contributed by atoms with Crippen LogP contribution in [0.3, 0.4) is 0 Å². The first kappa shape index (κ1) is 10.6. The molecular formula is C10H10FN3O2. The van der Waals surface area contributed by atoms with Crippen LogP contribution < -0.4 is 10.5 Å². The van der Waals surface area contributed by atoms with Crippen LogP contribution in [0.4, 0.5) is 4.39 Å². The Morgan fingerprint density at radius 3 is 2.88 bits per heavy atom. The van der Waals surface area contributed by atoms with Gasteiger partial charge in [0.2, 0.25) is 11.8 Å². The van der Waals surface area contributed by atoms with Gasteiger partial charge in [0, 0.05) is 5.56 Å². The Bertz CT molecular complexity index is 499. The van der Waals surface area contributed by atoms with Crippen molar-refractivity contribution in [1.29, 1.82) is 0 Å². The first-order valence-corrected chi connectivity index (χ1v) is 4.61. The Balaban J connectivity index is 2.40. The van der Waals surface area contributed by atoms with Gasteiger partial charge in [0.25, 0.3) is 0 Å². The van der Waals surface area contributed by atoms with Gasteiger partial charge in [0.05, 0.1) is 13.7 Å². The summed E-state index contributed by atoms with van der Waals surface area (Å²) in [6.07, 6.45) is 0. The van der Waals surface area contributed by atoms with Crippen molar-refractivity contribution in [3.8, 4) is 17.2 Å². The smallest absolute Gasteiger partial charge is 0.247 e. The molecule has 6 heteroatoms. The summed E-state index contributed by atoms with van der Waals surface area (Å²) < 4.78 is 23.2. The lowest BCUT2D eigenvalue weighted by atomic mass is 10.2. The number of hydrogen-bond acceptors (Lipinski definition) is 5. The van der Waals surface area contributed by atoms with Gasteiger partial charge in [0.15, 0.2) is 11.6 Å². The summed E-state index contributed by atoms with van der Waals surface area (Å²) in [5, 5.41) is 7.50. The van der Waals surface area contributed by atoms with Crippen molar-refractivity contribution in [3.05, 3.63) is 29.9 Å². The molecule has 0 atom stereocenters. The van der Waals surface area contributed by atoms with Crippen molar-refractivity contribution >= 4 is 0 Å². The lowest BCUT2D eigenvalue weighted by Gasteiger charge is -2.02. The van der Waals surface area contributed by atoms with E-state index in [2.05, 4.69) is 10.2 Å². The zero-order valence-electron chi connectivity index (χ0n) is 8.61. The molecule has 0 aliphatic heterocycles. The summed E-state index contributed by atoms with van der Waals surface area (Å²) in [5.41, 5.74) is 5.93. The van der Waals surface area contributed by atoms with E-state index < -0.39 is 5.82 Å². The van der Waals surface area contributed by atoms with Gasteiger partial charge in [-0.1, -0.05) is 0 Å².